The highest BCUT2D eigenvalue weighted by Crippen LogP contribution is 2.31. The maximum absolute atomic E-state index is 12.8. The Balaban J connectivity index is 1.43. The van der Waals surface area contributed by atoms with E-state index in [0.29, 0.717) is 17.6 Å². The standard InChI is InChI=1S/C27H26N4O2/c32-27(28-13-14-31-15-17-33-18-16-31)22-11-12-23-24(19-22)30-26(21-9-5-2-6-10-21)25(29-23)20-7-3-1-4-8-20/h1-12,19H,13-18H2,(H,28,32)/p+1. The molecule has 0 bridgehead atoms. The van der Waals surface area contributed by atoms with Crippen molar-refractivity contribution in [3.05, 3.63) is 84.4 Å². The SMILES string of the molecule is O=C(NCC[NH+]1CCOCC1)c1ccc2nc(-c3ccccc3)c(-c3ccccc3)nc2c1. The maximum atomic E-state index is 12.8. The van der Waals surface area contributed by atoms with E-state index in [1.54, 1.807) is 0 Å². The van der Waals surface area contributed by atoms with Gasteiger partial charge in [-0.3, -0.25) is 4.79 Å². The minimum Gasteiger partial charge on any atom is -0.370 e. The summed E-state index contributed by atoms with van der Waals surface area (Å²) < 4.78 is 5.39. The van der Waals surface area contributed by atoms with Crippen LogP contribution in [0.15, 0.2) is 78.9 Å². The van der Waals surface area contributed by atoms with E-state index in [-0.39, 0.29) is 5.91 Å². The Kier molecular flexibility index (Phi) is 6.37. The van der Waals surface area contributed by atoms with Crippen molar-refractivity contribution in [1.29, 1.82) is 0 Å². The molecule has 4 aromatic rings. The number of amides is 1. The molecule has 2 heterocycles. The summed E-state index contributed by atoms with van der Waals surface area (Å²) in [6, 6.07) is 25.7. The molecule has 1 saturated heterocycles. The topological polar surface area (TPSA) is 68.5 Å². The van der Waals surface area contributed by atoms with Gasteiger partial charge in [0, 0.05) is 16.7 Å². The fourth-order valence-corrected chi connectivity index (χ4v) is 4.16. The molecule has 1 aliphatic rings. The average Bonchev–Trinajstić information content (AvgIpc) is 2.89. The van der Waals surface area contributed by atoms with E-state index in [1.807, 2.05) is 78.9 Å². The normalized spacial score (nSPS) is 14.3. The molecule has 0 spiro atoms. The molecule has 0 unspecified atom stereocenters. The van der Waals surface area contributed by atoms with Crippen molar-refractivity contribution < 1.29 is 14.4 Å². The second kappa shape index (κ2) is 9.90. The number of benzene rings is 3. The Morgan fingerprint density at radius 2 is 1.42 bits per heavy atom. The molecule has 0 aliphatic carbocycles. The molecular formula is C27H27N4O2+. The average molecular weight is 440 g/mol. The van der Waals surface area contributed by atoms with Crippen molar-refractivity contribution in [3.63, 3.8) is 0 Å². The zero-order valence-electron chi connectivity index (χ0n) is 18.5. The van der Waals surface area contributed by atoms with Crippen LogP contribution < -0.4 is 10.2 Å². The molecule has 1 aromatic heterocycles. The lowest BCUT2D eigenvalue weighted by Crippen LogP contribution is -3.14. The van der Waals surface area contributed by atoms with Gasteiger partial charge in [-0.1, -0.05) is 60.7 Å². The van der Waals surface area contributed by atoms with Crippen LogP contribution in [0.2, 0.25) is 0 Å². The number of nitrogens with one attached hydrogen (secondary N) is 2. The lowest BCUT2D eigenvalue weighted by molar-refractivity contribution is -0.906. The van der Waals surface area contributed by atoms with E-state index < -0.39 is 0 Å². The van der Waals surface area contributed by atoms with Crippen molar-refractivity contribution in [2.24, 2.45) is 0 Å². The number of morpholine rings is 1. The molecule has 0 atom stereocenters. The largest absolute Gasteiger partial charge is 0.370 e. The van der Waals surface area contributed by atoms with E-state index in [9.17, 15) is 4.79 Å². The molecule has 6 heteroatoms. The van der Waals surface area contributed by atoms with Gasteiger partial charge in [0.15, 0.2) is 0 Å². The Morgan fingerprint density at radius 3 is 2.06 bits per heavy atom. The molecule has 166 valence electrons. The summed E-state index contributed by atoms with van der Waals surface area (Å²) in [5.74, 6) is -0.0836. The number of hydrogen-bond acceptors (Lipinski definition) is 4. The van der Waals surface area contributed by atoms with E-state index >= 15 is 0 Å². The van der Waals surface area contributed by atoms with Crippen LogP contribution in [0.1, 0.15) is 10.4 Å². The maximum Gasteiger partial charge on any atom is 0.251 e. The van der Waals surface area contributed by atoms with E-state index in [4.69, 9.17) is 14.7 Å². The number of fused-ring (bicyclic) bond motifs is 1. The summed E-state index contributed by atoms with van der Waals surface area (Å²) in [6.45, 7) is 5.12. The Hall–Kier alpha value is -3.61. The fraction of sp³-hybridized carbons (Fsp3) is 0.222. The van der Waals surface area contributed by atoms with Crippen LogP contribution in [0.4, 0.5) is 0 Å². The number of hydrogen-bond donors (Lipinski definition) is 2. The van der Waals surface area contributed by atoms with Crippen molar-refractivity contribution in [1.82, 2.24) is 15.3 Å². The highest BCUT2D eigenvalue weighted by molar-refractivity contribution is 5.98. The third-order valence-corrected chi connectivity index (χ3v) is 5.98. The first-order chi connectivity index (χ1) is 16.3. The summed E-state index contributed by atoms with van der Waals surface area (Å²) in [6.07, 6.45) is 0. The van der Waals surface area contributed by atoms with Gasteiger partial charge < -0.3 is 15.0 Å². The molecule has 2 N–H and O–H groups in total. The predicted molar refractivity (Wildman–Crippen MR) is 129 cm³/mol. The molecular weight excluding hydrogens is 412 g/mol. The zero-order valence-corrected chi connectivity index (χ0v) is 18.5. The third-order valence-electron chi connectivity index (χ3n) is 5.98. The van der Waals surface area contributed by atoms with Gasteiger partial charge >= 0.3 is 0 Å². The van der Waals surface area contributed by atoms with Crippen LogP contribution in [-0.4, -0.2) is 55.3 Å². The van der Waals surface area contributed by atoms with Gasteiger partial charge in [-0.05, 0) is 18.2 Å². The van der Waals surface area contributed by atoms with Gasteiger partial charge in [-0.2, -0.15) is 0 Å². The second-order valence-corrected chi connectivity index (χ2v) is 8.22. The molecule has 5 rings (SSSR count). The van der Waals surface area contributed by atoms with Gasteiger partial charge in [0.05, 0.1) is 48.7 Å². The van der Waals surface area contributed by atoms with Gasteiger partial charge in [0.2, 0.25) is 0 Å². The van der Waals surface area contributed by atoms with Crippen LogP contribution in [0.25, 0.3) is 33.5 Å². The minimum atomic E-state index is -0.0836. The molecule has 0 radical (unpaired) electrons. The summed E-state index contributed by atoms with van der Waals surface area (Å²) in [5.41, 5.74) is 5.72. The number of quaternary nitrogens is 1. The van der Waals surface area contributed by atoms with Crippen LogP contribution in [0.3, 0.4) is 0 Å². The Morgan fingerprint density at radius 1 is 0.818 bits per heavy atom. The second-order valence-electron chi connectivity index (χ2n) is 8.22. The van der Waals surface area contributed by atoms with Crippen LogP contribution in [0.5, 0.6) is 0 Å². The van der Waals surface area contributed by atoms with E-state index in [0.717, 1.165) is 60.9 Å². The number of carbonyl (C=O) groups excluding carboxylic acids is 1. The monoisotopic (exact) mass is 439 g/mol. The highest BCUT2D eigenvalue weighted by Gasteiger charge is 2.16. The number of rotatable bonds is 6. The first-order valence-electron chi connectivity index (χ1n) is 11.4. The van der Waals surface area contributed by atoms with E-state index in [1.165, 1.54) is 4.90 Å². The zero-order chi connectivity index (χ0) is 22.5. The summed E-state index contributed by atoms with van der Waals surface area (Å²) >= 11 is 0. The molecule has 0 saturated carbocycles. The Bertz CT molecular complexity index is 1240. The van der Waals surface area contributed by atoms with Crippen LogP contribution in [-0.2, 0) is 4.74 Å². The molecule has 1 aliphatic heterocycles. The van der Waals surface area contributed by atoms with Gasteiger partial charge in [0.25, 0.3) is 5.91 Å². The van der Waals surface area contributed by atoms with Crippen molar-refractivity contribution >= 4 is 16.9 Å². The lowest BCUT2D eigenvalue weighted by atomic mass is 10.0. The molecule has 1 fully saturated rings. The van der Waals surface area contributed by atoms with Crippen LogP contribution >= 0.6 is 0 Å². The van der Waals surface area contributed by atoms with Gasteiger partial charge in [0.1, 0.15) is 13.1 Å². The molecule has 6 nitrogen and oxygen atoms in total. The molecule has 1 amide bonds. The Labute approximate surface area is 193 Å². The third kappa shape index (κ3) is 4.92. The predicted octanol–water partition coefficient (Wildman–Crippen LogP) is 2.61. The first-order valence-corrected chi connectivity index (χ1v) is 11.4. The number of carbonyl (C=O) groups is 1. The quantitative estimate of drug-likeness (QED) is 0.485. The molecule has 33 heavy (non-hydrogen) atoms. The number of aromatic nitrogens is 2. The fourth-order valence-electron chi connectivity index (χ4n) is 4.16. The summed E-state index contributed by atoms with van der Waals surface area (Å²) in [7, 11) is 0. The first kappa shape index (κ1) is 21.2. The van der Waals surface area contributed by atoms with Gasteiger partial charge in [-0.25, -0.2) is 9.97 Å². The lowest BCUT2D eigenvalue weighted by Gasteiger charge is -2.23. The molecule has 3 aromatic carbocycles. The summed E-state index contributed by atoms with van der Waals surface area (Å²) in [5, 5.41) is 3.05. The number of ether oxygens (including phenoxy) is 1. The smallest absolute Gasteiger partial charge is 0.251 e. The number of nitrogens with zero attached hydrogens (tertiary/aromatic N) is 2. The van der Waals surface area contributed by atoms with Gasteiger partial charge in [-0.15, -0.1) is 0 Å². The van der Waals surface area contributed by atoms with Crippen LogP contribution in [0, 0.1) is 0 Å². The van der Waals surface area contributed by atoms with Crippen molar-refractivity contribution in [3.8, 4) is 22.5 Å². The summed E-state index contributed by atoms with van der Waals surface area (Å²) in [4.78, 5) is 24.1. The van der Waals surface area contributed by atoms with E-state index in [2.05, 4.69) is 5.32 Å². The van der Waals surface area contributed by atoms with Crippen molar-refractivity contribution in [2.75, 3.05) is 39.4 Å². The van der Waals surface area contributed by atoms with Crippen molar-refractivity contribution in [2.45, 2.75) is 0 Å². The highest BCUT2D eigenvalue weighted by atomic mass is 16.5. The minimum absolute atomic E-state index is 0.0836.